The summed E-state index contributed by atoms with van der Waals surface area (Å²) in [6.07, 6.45) is -3.65. The summed E-state index contributed by atoms with van der Waals surface area (Å²) in [6.45, 7) is 0.607. The van der Waals surface area contributed by atoms with Gasteiger partial charge in [-0.3, -0.25) is 0 Å². The van der Waals surface area contributed by atoms with Crippen molar-refractivity contribution in [2.24, 2.45) is 5.92 Å². The third-order valence-electron chi connectivity index (χ3n) is 5.61. The molecule has 0 spiro atoms. The molecule has 1 saturated heterocycles. The standard InChI is InChI=1S/C21H22F3N3O3S/c1-30-18-8-4-5-9-19(18)31(28,29)26-12-10-15(11-13-26)14-27-17-7-3-2-6-16(17)25-20(27)21(22,23)24/h2-9,15H,10-14H2,1H3. The summed E-state index contributed by atoms with van der Waals surface area (Å²) < 4.78 is 74.4. The minimum absolute atomic E-state index is 0.0934. The fourth-order valence-corrected chi connectivity index (χ4v) is 5.66. The van der Waals surface area contributed by atoms with Crippen LogP contribution in [0.5, 0.6) is 5.75 Å². The summed E-state index contributed by atoms with van der Waals surface area (Å²) in [7, 11) is -2.34. The van der Waals surface area contributed by atoms with Gasteiger partial charge in [-0.25, -0.2) is 13.4 Å². The number of piperidine rings is 1. The SMILES string of the molecule is COc1ccccc1S(=O)(=O)N1CCC(Cn2c(C(F)(F)F)nc3ccccc32)CC1. The van der Waals surface area contributed by atoms with Crippen molar-refractivity contribution in [3.8, 4) is 5.75 Å². The number of hydrogen-bond acceptors (Lipinski definition) is 4. The summed E-state index contributed by atoms with van der Waals surface area (Å²) in [5, 5.41) is 0. The number of hydrogen-bond donors (Lipinski definition) is 0. The number of alkyl halides is 3. The van der Waals surface area contributed by atoms with E-state index in [4.69, 9.17) is 4.74 Å². The lowest BCUT2D eigenvalue weighted by atomic mass is 9.98. The van der Waals surface area contributed by atoms with Gasteiger partial charge in [-0.1, -0.05) is 24.3 Å². The molecule has 1 aliphatic rings. The van der Waals surface area contributed by atoms with Gasteiger partial charge in [0.1, 0.15) is 10.6 Å². The highest BCUT2D eigenvalue weighted by Crippen LogP contribution is 2.34. The van der Waals surface area contributed by atoms with Crippen molar-refractivity contribution in [1.82, 2.24) is 13.9 Å². The van der Waals surface area contributed by atoms with E-state index in [0.29, 0.717) is 23.9 Å². The van der Waals surface area contributed by atoms with Gasteiger partial charge in [-0.2, -0.15) is 17.5 Å². The van der Waals surface area contributed by atoms with Crippen LogP contribution in [-0.4, -0.2) is 42.5 Å². The van der Waals surface area contributed by atoms with Gasteiger partial charge in [-0.15, -0.1) is 0 Å². The molecule has 0 bridgehead atoms. The number of methoxy groups -OCH3 is 1. The van der Waals surface area contributed by atoms with Gasteiger partial charge >= 0.3 is 6.18 Å². The van der Waals surface area contributed by atoms with Crippen molar-refractivity contribution in [3.63, 3.8) is 0 Å². The molecular weight excluding hydrogens is 431 g/mol. The minimum atomic E-state index is -4.56. The smallest absolute Gasteiger partial charge is 0.449 e. The molecule has 0 amide bonds. The Kier molecular flexibility index (Phi) is 5.69. The van der Waals surface area contributed by atoms with E-state index >= 15 is 0 Å². The zero-order valence-corrected chi connectivity index (χ0v) is 17.7. The molecule has 2 aromatic carbocycles. The third-order valence-corrected chi connectivity index (χ3v) is 7.55. The lowest BCUT2D eigenvalue weighted by Gasteiger charge is -2.32. The highest BCUT2D eigenvalue weighted by Gasteiger charge is 2.38. The average Bonchev–Trinajstić information content (AvgIpc) is 3.13. The van der Waals surface area contributed by atoms with Crippen LogP contribution >= 0.6 is 0 Å². The Morgan fingerprint density at radius 2 is 1.71 bits per heavy atom. The maximum absolute atomic E-state index is 13.5. The van der Waals surface area contributed by atoms with E-state index in [-0.39, 0.29) is 36.2 Å². The molecule has 4 rings (SSSR count). The number of nitrogens with zero attached hydrogens (tertiary/aromatic N) is 3. The minimum Gasteiger partial charge on any atom is -0.495 e. The quantitative estimate of drug-likeness (QED) is 0.582. The van der Waals surface area contributed by atoms with Crippen LogP contribution in [0.25, 0.3) is 11.0 Å². The van der Waals surface area contributed by atoms with Crippen LogP contribution in [0.1, 0.15) is 18.7 Å². The Labute approximate surface area is 178 Å². The molecule has 1 aromatic heterocycles. The number of benzene rings is 2. The second-order valence-electron chi connectivity index (χ2n) is 7.53. The van der Waals surface area contributed by atoms with Gasteiger partial charge in [-0.05, 0) is 43.0 Å². The van der Waals surface area contributed by atoms with Crippen molar-refractivity contribution in [1.29, 1.82) is 0 Å². The van der Waals surface area contributed by atoms with Gasteiger partial charge < -0.3 is 9.30 Å². The molecule has 0 saturated carbocycles. The van der Waals surface area contributed by atoms with E-state index in [1.807, 2.05) is 0 Å². The largest absolute Gasteiger partial charge is 0.495 e. The lowest BCUT2D eigenvalue weighted by molar-refractivity contribution is -0.147. The van der Waals surface area contributed by atoms with E-state index in [2.05, 4.69) is 4.98 Å². The van der Waals surface area contributed by atoms with Crippen LogP contribution in [0.4, 0.5) is 13.2 Å². The Hall–Kier alpha value is -2.59. The van der Waals surface area contributed by atoms with Crippen LogP contribution in [0.3, 0.4) is 0 Å². The first-order valence-electron chi connectivity index (χ1n) is 9.87. The Morgan fingerprint density at radius 1 is 1.06 bits per heavy atom. The molecular formula is C21H22F3N3O3S. The summed E-state index contributed by atoms with van der Waals surface area (Å²) >= 11 is 0. The first kappa shape index (κ1) is 21.6. The fraction of sp³-hybridized carbons (Fsp3) is 0.381. The first-order chi connectivity index (χ1) is 14.7. The number of fused-ring (bicyclic) bond motifs is 1. The fourth-order valence-electron chi connectivity index (χ4n) is 4.04. The van der Waals surface area contributed by atoms with Crippen LogP contribution in [0.15, 0.2) is 53.4 Å². The molecule has 3 aromatic rings. The van der Waals surface area contributed by atoms with E-state index in [1.165, 1.54) is 22.0 Å². The highest BCUT2D eigenvalue weighted by atomic mass is 32.2. The van der Waals surface area contributed by atoms with Gasteiger partial charge in [0.25, 0.3) is 0 Å². The maximum atomic E-state index is 13.5. The normalized spacial score (nSPS) is 16.6. The number of para-hydroxylation sites is 3. The molecule has 0 aliphatic carbocycles. The molecule has 0 atom stereocenters. The monoisotopic (exact) mass is 453 g/mol. The zero-order valence-electron chi connectivity index (χ0n) is 16.8. The number of imidazole rings is 1. The van der Waals surface area contributed by atoms with E-state index in [0.717, 1.165) is 0 Å². The summed E-state index contributed by atoms with van der Waals surface area (Å²) in [5.74, 6) is -0.745. The van der Waals surface area contributed by atoms with E-state index in [9.17, 15) is 21.6 Å². The zero-order chi connectivity index (χ0) is 22.2. The molecule has 1 aliphatic heterocycles. The maximum Gasteiger partial charge on any atom is 0.449 e. The average molecular weight is 453 g/mol. The molecule has 0 unspecified atom stereocenters. The number of sulfonamides is 1. The molecule has 1 fully saturated rings. The van der Waals surface area contributed by atoms with Crippen LogP contribution in [0.2, 0.25) is 0 Å². The number of halogens is 3. The molecule has 0 N–H and O–H groups in total. The highest BCUT2D eigenvalue weighted by molar-refractivity contribution is 7.89. The van der Waals surface area contributed by atoms with Gasteiger partial charge in [0.05, 0.1) is 18.1 Å². The van der Waals surface area contributed by atoms with Gasteiger partial charge in [0, 0.05) is 19.6 Å². The van der Waals surface area contributed by atoms with Crippen LogP contribution < -0.4 is 4.74 Å². The molecule has 166 valence electrons. The summed E-state index contributed by atoms with van der Waals surface area (Å²) in [5.41, 5.74) is 0.727. The number of rotatable bonds is 5. The van der Waals surface area contributed by atoms with Gasteiger partial charge in [0.15, 0.2) is 0 Å². The predicted molar refractivity (Wildman–Crippen MR) is 109 cm³/mol. The Bertz CT molecular complexity index is 1180. The lowest BCUT2D eigenvalue weighted by Crippen LogP contribution is -2.39. The molecule has 2 heterocycles. The second-order valence-corrected chi connectivity index (χ2v) is 9.44. The molecule has 6 nitrogen and oxygen atoms in total. The Morgan fingerprint density at radius 3 is 2.39 bits per heavy atom. The van der Waals surface area contributed by atoms with E-state index in [1.54, 1.807) is 42.5 Å². The molecule has 31 heavy (non-hydrogen) atoms. The molecule has 10 heteroatoms. The number of aromatic nitrogens is 2. The van der Waals surface area contributed by atoms with E-state index < -0.39 is 22.0 Å². The summed E-state index contributed by atoms with van der Waals surface area (Å²) in [4.78, 5) is 3.87. The van der Waals surface area contributed by atoms with Crippen molar-refractivity contribution < 1.29 is 26.3 Å². The topological polar surface area (TPSA) is 64.4 Å². The van der Waals surface area contributed by atoms with Crippen molar-refractivity contribution >= 4 is 21.1 Å². The van der Waals surface area contributed by atoms with Crippen LogP contribution in [-0.2, 0) is 22.7 Å². The second kappa shape index (κ2) is 8.16. The number of ether oxygens (including phenoxy) is 1. The molecule has 0 radical (unpaired) electrons. The van der Waals surface area contributed by atoms with Crippen molar-refractivity contribution in [2.75, 3.05) is 20.2 Å². The first-order valence-corrected chi connectivity index (χ1v) is 11.3. The van der Waals surface area contributed by atoms with Crippen molar-refractivity contribution in [3.05, 3.63) is 54.4 Å². The third kappa shape index (κ3) is 4.14. The predicted octanol–water partition coefficient (Wildman–Crippen LogP) is 4.16. The van der Waals surface area contributed by atoms with Gasteiger partial charge in [0.2, 0.25) is 15.8 Å². The Balaban J connectivity index is 1.53. The van der Waals surface area contributed by atoms with Crippen molar-refractivity contribution in [2.45, 2.75) is 30.5 Å². The van der Waals surface area contributed by atoms with Crippen LogP contribution in [0, 0.1) is 5.92 Å². The summed E-state index contributed by atoms with van der Waals surface area (Å²) in [6, 6.07) is 12.9.